The van der Waals surface area contributed by atoms with E-state index in [1.807, 2.05) is 45.9 Å². The van der Waals surface area contributed by atoms with E-state index in [1.54, 1.807) is 42.1 Å². The predicted octanol–water partition coefficient (Wildman–Crippen LogP) is 4.05. The number of methoxy groups -OCH3 is 1. The molecule has 0 saturated carbocycles. The topological polar surface area (TPSA) is 106 Å². The first-order valence-corrected chi connectivity index (χ1v) is 13.6. The molecule has 1 N–H and O–H groups in total. The monoisotopic (exact) mass is 549 g/mol. The van der Waals surface area contributed by atoms with Crippen LogP contribution in [0.4, 0.5) is 10.6 Å². The molecular formula is C30H39N5O5. The maximum Gasteiger partial charge on any atom is 0.411 e. The number of anilines is 1. The molecule has 1 fully saturated rings. The van der Waals surface area contributed by atoms with Crippen LogP contribution in [0.1, 0.15) is 39.2 Å². The summed E-state index contributed by atoms with van der Waals surface area (Å²) in [6.45, 7) is 9.94. The highest BCUT2D eigenvalue weighted by molar-refractivity contribution is 5.93. The van der Waals surface area contributed by atoms with Crippen LogP contribution in [0.5, 0.6) is 5.75 Å². The van der Waals surface area contributed by atoms with Crippen LogP contribution in [0.25, 0.3) is 10.9 Å². The molecule has 10 heteroatoms. The predicted molar refractivity (Wildman–Crippen MR) is 155 cm³/mol. The van der Waals surface area contributed by atoms with Gasteiger partial charge in [-0.3, -0.25) is 14.5 Å². The molecule has 0 atom stereocenters. The standard InChI is InChI=1S/C30H39N5O5/c1-21-18-28(37)34(25-19-23(39-5)9-10-24(21)25)17-16-33-14-11-22(12-15-33)35(29(38)40-30(2,3)4)20-27(36)32-26-8-6-7-13-31-26/h6-10,13,18-19,22H,11-12,14-17,20H2,1-5H3,(H,31,32,36). The summed E-state index contributed by atoms with van der Waals surface area (Å²) in [5, 5.41) is 3.78. The Morgan fingerprint density at radius 2 is 1.85 bits per heavy atom. The molecule has 1 aromatic carbocycles. The summed E-state index contributed by atoms with van der Waals surface area (Å²) in [6, 6.07) is 12.6. The van der Waals surface area contributed by atoms with E-state index in [0.717, 1.165) is 29.6 Å². The van der Waals surface area contributed by atoms with Gasteiger partial charge in [0.1, 0.15) is 23.7 Å². The molecule has 0 spiro atoms. The number of fused-ring (bicyclic) bond motifs is 1. The summed E-state index contributed by atoms with van der Waals surface area (Å²) < 4.78 is 12.8. The average Bonchev–Trinajstić information content (AvgIpc) is 2.91. The second-order valence-corrected chi connectivity index (χ2v) is 11.1. The number of amides is 2. The fourth-order valence-corrected chi connectivity index (χ4v) is 5.02. The summed E-state index contributed by atoms with van der Waals surface area (Å²) in [4.78, 5) is 46.8. The zero-order valence-corrected chi connectivity index (χ0v) is 24.0. The number of piperidine rings is 1. The van der Waals surface area contributed by atoms with E-state index in [9.17, 15) is 14.4 Å². The van der Waals surface area contributed by atoms with Crippen molar-refractivity contribution in [2.75, 3.05) is 38.6 Å². The third-order valence-corrected chi connectivity index (χ3v) is 7.04. The minimum absolute atomic E-state index is 0.0387. The molecular weight excluding hydrogens is 510 g/mol. The lowest BCUT2D eigenvalue weighted by molar-refractivity contribution is -0.118. The number of hydrogen-bond donors (Lipinski definition) is 1. The number of rotatable bonds is 8. The molecule has 214 valence electrons. The number of ether oxygens (including phenoxy) is 2. The van der Waals surface area contributed by atoms with Gasteiger partial charge in [0.05, 0.1) is 12.6 Å². The highest BCUT2D eigenvalue weighted by Crippen LogP contribution is 2.23. The van der Waals surface area contributed by atoms with Crippen molar-refractivity contribution in [3.05, 3.63) is 64.6 Å². The fourth-order valence-electron chi connectivity index (χ4n) is 5.02. The molecule has 10 nitrogen and oxygen atoms in total. The van der Waals surface area contributed by atoms with Gasteiger partial charge in [0.2, 0.25) is 5.91 Å². The SMILES string of the molecule is COc1ccc2c(C)cc(=O)n(CCN3CCC(N(CC(=O)Nc4ccccn4)C(=O)OC(C)(C)C)CC3)c2c1. The fraction of sp³-hybridized carbons (Fsp3) is 0.467. The van der Waals surface area contributed by atoms with Crippen LogP contribution in [-0.4, -0.2) is 76.3 Å². The minimum atomic E-state index is -0.680. The van der Waals surface area contributed by atoms with Gasteiger partial charge in [-0.25, -0.2) is 9.78 Å². The molecule has 1 saturated heterocycles. The van der Waals surface area contributed by atoms with Crippen molar-refractivity contribution >= 4 is 28.7 Å². The van der Waals surface area contributed by atoms with Gasteiger partial charge in [-0.05, 0) is 70.4 Å². The van der Waals surface area contributed by atoms with Gasteiger partial charge in [0, 0.05) is 55.9 Å². The van der Waals surface area contributed by atoms with Crippen LogP contribution in [0.3, 0.4) is 0 Å². The number of pyridine rings is 2. The average molecular weight is 550 g/mol. The summed E-state index contributed by atoms with van der Waals surface area (Å²) in [6.07, 6.45) is 2.47. The van der Waals surface area contributed by atoms with Crippen molar-refractivity contribution in [2.24, 2.45) is 0 Å². The van der Waals surface area contributed by atoms with Gasteiger partial charge >= 0.3 is 6.09 Å². The first kappa shape index (κ1) is 29.1. The van der Waals surface area contributed by atoms with Crippen molar-refractivity contribution in [3.63, 3.8) is 0 Å². The molecule has 0 radical (unpaired) electrons. The van der Waals surface area contributed by atoms with Gasteiger partial charge in [0.15, 0.2) is 0 Å². The van der Waals surface area contributed by atoms with E-state index in [-0.39, 0.29) is 24.1 Å². The number of nitrogens with one attached hydrogen (secondary N) is 1. The number of likely N-dealkylation sites (tertiary alicyclic amines) is 1. The summed E-state index contributed by atoms with van der Waals surface area (Å²) in [5.74, 6) is 0.817. The number of nitrogens with zero attached hydrogens (tertiary/aromatic N) is 4. The quantitative estimate of drug-likeness (QED) is 0.452. The molecule has 3 heterocycles. The summed E-state index contributed by atoms with van der Waals surface area (Å²) in [5.41, 5.74) is 1.08. The Labute approximate surface area is 234 Å². The second-order valence-electron chi connectivity index (χ2n) is 11.1. The van der Waals surface area contributed by atoms with Crippen LogP contribution in [-0.2, 0) is 16.1 Å². The first-order chi connectivity index (χ1) is 19.0. The third-order valence-electron chi connectivity index (χ3n) is 7.04. The molecule has 2 amide bonds. The van der Waals surface area contributed by atoms with E-state index >= 15 is 0 Å². The van der Waals surface area contributed by atoms with E-state index in [0.29, 0.717) is 37.5 Å². The molecule has 3 aromatic rings. The number of benzene rings is 1. The Morgan fingerprint density at radius 1 is 1.10 bits per heavy atom. The largest absolute Gasteiger partial charge is 0.497 e. The van der Waals surface area contributed by atoms with Crippen molar-refractivity contribution in [1.82, 2.24) is 19.4 Å². The summed E-state index contributed by atoms with van der Waals surface area (Å²) >= 11 is 0. The number of carbonyl (C=O) groups is 2. The van der Waals surface area contributed by atoms with Crippen LogP contribution in [0.15, 0.2) is 53.5 Å². The van der Waals surface area contributed by atoms with Crippen molar-refractivity contribution in [3.8, 4) is 5.75 Å². The Hall–Kier alpha value is -3.92. The molecule has 1 aliphatic heterocycles. The zero-order chi connectivity index (χ0) is 28.9. The first-order valence-electron chi connectivity index (χ1n) is 13.6. The lowest BCUT2D eigenvalue weighted by Crippen LogP contribution is -2.51. The maximum atomic E-state index is 13.1. The van der Waals surface area contributed by atoms with E-state index in [2.05, 4.69) is 15.2 Å². The highest BCUT2D eigenvalue weighted by atomic mass is 16.6. The minimum Gasteiger partial charge on any atom is -0.497 e. The second kappa shape index (κ2) is 12.5. The van der Waals surface area contributed by atoms with E-state index in [4.69, 9.17) is 9.47 Å². The lowest BCUT2D eigenvalue weighted by Gasteiger charge is -2.38. The van der Waals surface area contributed by atoms with Gasteiger partial charge in [-0.1, -0.05) is 6.07 Å². The molecule has 0 aliphatic carbocycles. The molecule has 4 rings (SSSR count). The number of hydrogen-bond acceptors (Lipinski definition) is 7. The van der Waals surface area contributed by atoms with Crippen LogP contribution < -0.4 is 15.6 Å². The Morgan fingerprint density at radius 3 is 2.50 bits per heavy atom. The molecule has 1 aliphatic rings. The zero-order valence-electron chi connectivity index (χ0n) is 24.0. The lowest BCUT2D eigenvalue weighted by atomic mass is 10.0. The Kier molecular flexibility index (Phi) is 9.09. The van der Waals surface area contributed by atoms with Crippen molar-refractivity contribution < 1.29 is 19.1 Å². The van der Waals surface area contributed by atoms with Gasteiger partial charge in [-0.15, -0.1) is 0 Å². The van der Waals surface area contributed by atoms with Crippen LogP contribution in [0, 0.1) is 6.92 Å². The maximum absolute atomic E-state index is 13.1. The smallest absolute Gasteiger partial charge is 0.411 e. The van der Waals surface area contributed by atoms with Gasteiger partial charge < -0.3 is 24.3 Å². The van der Waals surface area contributed by atoms with Crippen molar-refractivity contribution in [2.45, 2.75) is 58.7 Å². The number of carbonyl (C=O) groups excluding carboxylic acids is 2. The van der Waals surface area contributed by atoms with Crippen LogP contribution in [0.2, 0.25) is 0 Å². The Bertz CT molecular complexity index is 1390. The van der Waals surface area contributed by atoms with Crippen molar-refractivity contribution in [1.29, 1.82) is 0 Å². The third kappa shape index (κ3) is 7.38. The van der Waals surface area contributed by atoms with E-state index in [1.165, 1.54) is 4.90 Å². The van der Waals surface area contributed by atoms with E-state index < -0.39 is 11.7 Å². The number of aromatic nitrogens is 2. The molecule has 2 aromatic heterocycles. The van der Waals surface area contributed by atoms with Gasteiger partial charge in [-0.2, -0.15) is 0 Å². The molecule has 0 unspecified atom stereocenters. The molecule has 40 heavy (non-hydrogen) atoms. The normalized spacial score (nSPS) is 14.6. The van der Waals surface area contributed by atoms with Gasteiger partial charge in [0.25, 0.3) is 5.56 Å². The number of aryl methyl sites for hydroxylation is 1. The summed E-state index contributed by atoms with van der Waals surface area (Å²) in [7, 11) is 1.62. The molecule has 0 bridgehead atoms. The Balaban J connectivity index is 1.41. The highest BCUT2D eigenvalue weighted by Gasteiger charge is 2.32. The van der Waals surface area contributed by atoms with Crippen LogP contribution >= 0.6 is 0 Å².